The van der Waals surface area contributed by atoms with E-state index in [9.17, 15) is 30.6 Å². The predicted octanol–water partition coefficient (Wildman–Crippen LogP) is -4.46. The molecule has 0 aliphatic carbocycles. The summed E-state index contributed by atoms with van der Waals surface area (Å²) in [5.74, 6) is 0. The average Bonchev–Trinajstić information content (AvgIpc) is 2.55. The SMILES string of the molecule is OCC1OC(O[C@@H]2C(CO)OC(S)[C@@H](O)[C@H]2O)[C@@H](O)[C@@H](O)[C@@H]1O. The van der Waals surface area contributed by atoms with E-state index in [1.807, 2.05) is 0 Å². The first-order valence-electron chi connectivity index (χ1n) is 7.08. The Balaban J connectivity index is 2.11. The first-order chi connectivity index (χ1) is 10.8. The minimum absolute atomic E-state index is 0.567. The molecule has 10 nitrogen and oxygen atoms in total. The summed E-state index contributed by atoms with van der Waals surface area (Å²) in [5.41, 5.74) is -1.04. The van der Waals surface area contributed by atoms with E-state index in [0.717, 1.165) is 0 Å². The molecule has 2 saturated heterocycles. The lowest BCUT2D eigenvalue weighted by Crippen LogP contribution is -2.63. The van der Waals surface area contributed by atoms with Crippen LogP contribution in [0.4, 0.5) is 0 Å². The van der Waals surface area contributed by atoms with Gasteiger partial charge in [-0.3, -0.25) is 0 Å². The van der Waals surface area contributed by atoms with Crippen molar-refractivity contribution < 1.29 is 50.0 Å². The number of aliphatic hydroxyl groups is 7. The van der Waals surface area contributed by atoms with Crippen molar-refractivity contribution in [3.63, 3.8) is 0 Å². The molecule has 2 fully saturated rings. The van der Waals surface area contributed by atoms with Crippen LogP contribution in [-0.2, 0) is 14.2 Å². The normalized spacial score (nSPS) is 51.7. The van der Waals surface area contributed by atoms with Crippen molar-refractivity contribution in [2.45, 2.75) is 60.6 Å². The molecule has 2 aliphatic heterocycles. The van der Waals surface area contributed by atoms with Crippen molar-refractivity contribution in [2.24, 2.45) is 0 Å². The van der Waals surface area contributed by atoms with Crippen LogP contribution in [-0.4, -0.2) is 110 Å². The number of rotatable bonds is 4. The van der Waals surface area contributed by atoms with Crippen LogP contribution in [0.5, 0.6) is 0 Å². The van der Waals surface area contributed by atoms with Crippen molar-refractivity contribution in [2.75, 3.05) is 13.2 Å². The van der Waals surface area contributed by atoms with E-state index in [1.165, 1.54) is 0 Å². The summed E-state index contributed by atoms with van der Waals surface area (Å²) in [5, 5.41) is 67.6. The molecule has 0 spiro atoms. The molecule has 4 unspecified atom stereocenters. The van der Waals surface area contributed by atoms with Crippen LogP contribution in [0.2, 0.25) is 0 Å². The summed E-state index contributed by atoms with van der Waals surface area (Å²) in [6, 6.07) is 0. The van der Waals surface area contributed by atoms with Gasteiger partial charge in [0.05, 0.1) is 13.2 Å². The van der Waals surface area contributed by atoms with E-state index >= 15 is 0 Å². The second kappa shape index (κ2) is 7.89. The zero-order valence-corrected chi connectivity index (χ0v) is 12.9. The molecule has 11 heteroatoms. The fourth-order valence-corrected chi connectivity index (χ4v) is 2.90. The van der Waals surface area contributed by atoms with Gasteiger partial charge in [-0.15, -0.1) is 12.6 Å². The largest absolute Gasteiger partial charge is 0.394 e. The van der Waals surface area contributed by atoms with Gasteiger partial charge in [-0.1, -0.05) is 0 Å². The van der Waals surface area contributed by atoms with Crippen LogP contribution in [0.1, 0.15) is 0 Å². The molecule has 10 atom stereocenters. The van der Waals surface area contributed by atoms with Gasteiger partial charge in [0.2, 0.25) is 0 Å². The predicted molar refractivity (Wildman–Crippen MR) is 75.4 cm³/mol. The zero-order chi connectivity index (χ0) is 17.3. The highest BCUT2D eigenvalue weighted by molar-refractivity contribution is 7.80. The maximum Gasteiger partial charge on any atom is 0.187 e. The number of thiol groups is 1. The molecule has 0 radical (unpaired) electrons. The molecule has 2 rings (SSSR count). The Morgan fingerprint density at radius 2 is 1.35 bits per heavy atom. The summed E-state index contributed by atoms with van der Waals surface area (Å²) in [6.07, 6.45) is -12.9. The quantitative estimate of drug-likeness (QED) is 0.229. The van der Waals surface area contributed by atoms with Crippen LogP contribution in [0.15, 0.2) is 0 Å². The van der Waals surface area contributed by atoms with Crippen LogP contribution in [0, 0.1) is 0 Å². The molecule has 0 aromatic heterocycles. The summed E-state index contributed by atoms with van der Waals surface area (Å²) < 4.78 is 15.7. The monoisotopic (exact) mass is 358 g/mol. The van der Waals surface area contributed by atoms with E-state index in [0.29, 0.717) is 0 Å². The minimum Gasteiger partial charge on any atom is -0.394 e. The first-order valence-corrected chi connectivity index (χ1v) is 7.60. The van der Waals surface area contributed by atoms with E-state index in [1.54, 1.807) is 0 Å². The molecule has 0 aromatic rings. The van der Waals surface area contributed by atoms with E-state index in [4.69, 9.17) is 19.3 Å². The average molecular weight is 358 g/mol. The lowest BCUT2D eigenvalue weighted by molar-refractivity contribution is -0.338. The van der Waals surface area contributed by atoms with Gasteiger partial charge >= 0.3 is 0 Å². The molecule has 2 aliphatic rings. The number of aliphatic hydroxyl groups excluding tert-OH is 7. The maximum absolute atomic E-state index is 10.1. The van der Waals surface area contributed by atoms with Crippen LogP contribution in [0.3, 0.4) is 0 Å². The molecular weight excluding hydrogens is 336 g/mol. The summed E-state index contributed by atoms with van der Waals surface area (Å²) in [4.78, 5) is 0. The highest BCUT2D eigenvalue weighted by Gasteiger charge is 2.49. The van der Waals surface area contributed by atoms with Crippen molar-refractivity contribution in [1.29, 1.82) is 0 Å². The van der Waals surface area contributed by atoms with Crippen molar-refractivity contribution in [1.82, 2.24) is 0 Å². The molecule has 0 bridgehead atoms. The Kier molecular flexibility index (Phi) is 6.61. The Bertz CT molecular complexity index is 383. The maximum atomic E-state index is 10.1. The fourth-order valence-electron chi connectivity index (χ4n) is 2.57. The second-order valence-electron chi connectivity index (χ2n) is 5.53. The van der Waals surface area contributed by atoms with E-state index in [-0.39, 0.29) is 0 Å². The zero-order valence-electron chi connectivity index (χ0n) is 12.0. The van der Waals surface area contributed by atoms with Gasteiger partial charge in [0.1, 0.15) is 54.3 Å². The van der Waals surface area contributed by atoms with E-state index in [2.05, 4.69) is 12.6 Å². The Hall–Kier alpha value is -0.0500. The molecule has 23 heavy (non-hydrogen) atoms. The van der Waals surface area contributed by atoms with Gasteiger partial charge in [-0.05, 0) is 0 Å². The number of hydrogen-bond acceptors (Lipinski definition) is 11. The second-order valence-corrected chi connectivity index (χ2v) is 6.04. The Labute approximate surface area is 137 Å². The van der Waals surface area contributed by atoms with Crippen LogP contribution >= 0.6 is 12.6 Å². The van der Waals surface area contributed by atoms with Gasteiger partial charge in [0, 0.05) is 0 Å². The van der Waals surface area contributed by atoms with Crippen LogP contribution < -0.4 is 0 Å². The molecule has 0 amide bonds. The van der Waals surface area contributed by atoms with Crippen LogP contribution in [0.25, 0.3) is 0 Å². The van der Waals surface area contributed by atoms with Gasteiger partial charge in [-0.25, -0.2) is 0 Å². The molecule has 136 valence electrons. The van der Waals surface area contributed by atoms with Crippen molar-refractivity contribution in [3.05, 3.63) is 0 Å². The molecule has 0 saturated carbocycles. The third kappa shape index (κ3) is 3.80. The van der Waals surface area contributed by atoms with Gasteiger partial charge in [0.15, 0.2) is 6.29 Å². The van der Waals surface area contributed by atoms with E-state index < -0.39 is 73.8 Å². The summed E-state index contributed by atoms with van der Waals surface area (Å²) in [7, 11) is 0. The highest BCUT2D eigenvalue weighted by atomic mass is 32.1. The van der Waals surface area contributed by atoms with Crippen molar-refractivity contribution in [3.8, 4) is 0 Å². The molecule has 7 N–H and O–H groups in total. The lowest BCUT2D eigenvalue weighted by Gasteiger charge is -2.45. The summed E-state index contributed by atoms with van der Waals surface area (Å²) >= 11 is 3.92. The van der Waals surface area contributed by atoms with Gasteiger partial charge in [0.25, 0.3) is 0 Å². The first kappa shape index (κ1) is 19.3. The lowest BCUT2D eigenvalue weighted by atomic mass is 9.97. The third-order valence-electron chi connectivity index (χ3n) is 3.98. The standard InChI is InChI=1S/C12H22O10S/c13-1-3-5(15)6(16)8(18)11(20-3)22-10-4(2-14)21-12(23)9(19)7(10)17/h3-19,23H,1-2H2/t3?,4?,5-,6+,7-,8+,9+,10-,11?,12?/m1/s1. The highest BCUT2D eigenvalue weighted by Crippen LogP contribution is 2.29. The Morgan fingerprint density at radius 1 is 0.739 bits per heavy atom. The molecule has 0 aromatic carbocycles. The third-order valence-corrected chi connectivity index (χ3v) is 4.41. The Morgan fingerprint density at radius 3 is 1.91 bits per heavy atom. The van der Waals surface area contributed by atoms with Gasteiger partial charge < -0.3 is 50.0 Å². The molecular formula is C12H22O10S. The summed E-state index contributed by atoms with van der Waals surface area (Å²) in [6.45, 7) is -1.21. The topological polar surface area (TPSA) is 169 Å². The van der Waals surface area contributed by atoms with Crippen molar-refractivity contribution >= 4 is 12.6 Å². The minimum atomic E-state index is -1.68. The number of ether oxygens (including phenoxy) is 3. The molecule has 2 heterocycles. The van der Waals surface area contributed by atoms with Gasteiger partial charge in [-0.2, -0.15) is 0 Å². The smallest absolute Gasteiger partial charge is 0.187 e. The fraction of sp³-hybridized carbons (Fsp3) is 1.00. The number of hydrogen-bond donors (Lipinski definition) is 8.